The summed E-state index contributed by atoms with van der Waals surface area (Å²) in [7, 11) is 0. The number of rotatable bonds is 3. The lowest BCUT2D eigenvalue weighted by Crippen LogP contribution is -2.36. The van der Waals surface area contributed by atoms with Gasteiger partial charge in [-0.05, 0) is 43.4 Å². The van der Waals surface area contributed by atoms with Gasteiger partial charge in [-0.2, -0.15) is 8.78 Å². The fourth-order valence-corrected chi connectivity index (χ4v) is 4.16. The Hall–Kier alpha value is -2.50. The van der Waals surface area contributed by atoms with E-state index < -0.39 is 12.5 Å². The first kappa shape index (κ1) is 16.9. The summed E-state index contributed by atoms with van der Waals surface area (Å²) in [4.78, 5) is 25.3. The predicted molar refractivity (Wildman–Crippen MR) is 90.7 cm³/mol. The molecular formula is C20H19F2NO3. The Morgan fingerprint density at radius 2 is 1.42 bits per heavy atom. The molecule has 0 saturated carbocycles. The number of Topliss-reactive ketones (excluding diaryl/α,β-unsaturated/α-hetero) is 2. The summed E-state index contributed by atoms with van der Waals surface area (Å²) in [6, 6.07) is 6.27. The summed E-state index contributed by atoms with van der Waals surface area (Å²) < 4.78 is 29.2. The van der Waals surface area contributed by atoms with Crippen LogP contribution >= 0.6 is 0 Å². The maximum absolute atomic E-state index is 12.7. The molecule has 0 atom stereocenters. The first-order chi connectivity index (χ1) is 12.5. The van der Waals surface area contributed by atoms with Crippen LogP contribution in [-0.4, -0.2) is 18.2 Å². The van der Waals surface area contributed by atoms with E-state index in [1.54, 1.807) is 12.1 Å². The van der Waals surface area contributed by atoms with E-state index in [4.69, 9.17) is 0 Å². The Labute approximate surface area is 149 Å². The van der Waals surface area contributed by atoms with E-state index in [9.17, 15) is 18.4 Å². The summed E-state index contributed by atoms with van der Waals surface area (Å²) in [5.41, 5.74) is 3.90. The molecule has 0 fully saturated rings. The number of nitrogens with one attached hydrogen (secondary N) is 1. The number of hydrogen-bond acceptors (Lipinski definition) is 4. The normalized spacial score (nSPS) is 20.9. The Kier molecular flexibility index (Phi) is 4.34. The molecule has 1 heterocycles. The minimum Gasteiger partial charge on any atom is -0.435 e. The molecule has 0 aromatic heterocycles. The van der Waals surface area contributed by atoms with Crippen LogP contribution < -0.4 is 10.1 Å². The monoisotopic (exact) mass is 359 g/mol. The van der Waals surface area contributed by atoms with Crippen molar-refractivity contribution in [2.24, 2.45) is 0 Å². The fraction of sp³-hybridized carbons (Fsp3) is 0.400. The SMILES string of the molecule is O=C1CCCC2=C1C(c1ccc(OC(F)F)cc1)C1=C(CCCC1=O)N2. The van der Waals surface area contributed by atoms with Gasteiger partial charge in [-0.15, -0.1) is 0 Å². The van der Waals surface area contributed by atoms with Gasteiger partial charge in [0.15, 0.2) is 11.6 Å². The van der Waals surface area contributed by atoms with Gasteiger partial charge in [-0.25, -0.2) is 0 Å². The molecule has 2 aliphatic carbocycles. The number of carbonyl (C=O) groups is 2. The first-order valence-electron chi connectivity index (χ1n) is 8.89. The minimum atomic E-state index is -2.89. The third-order valence-corrected chi connectivity index (χ3v) is 5.23. The molecule has 0 amide bonds. The van der Waals surface area contributed by atoms with Gasteiger partial charge in [0.1, 0.15) is 5.75 Å². The van der Waals surface area contributed by atoms with Gasteiger partial charge in [0.2, 0.25) is 0 Å². The van der Waals surface area contributed by atoms with Crippen molar-refractivity contribution in [2.45, 2.75) is 51.1 Å². The van der Waals surface area contributed by atoms with Crippen LogP contribution in [0.25, 0.3) is 0 Å². The Bertz CT molecular complexity index is 782. The standard InChI is InChI=1S/C20H19F2NO3/c21-20(22)26-12-9-7-11(8-10-12)17-18-13(3-1-5-15(18)24)23-14-4-2-6-16(25)19(14)17/h7-10,17,20,23H,1-6H2. The average Bonchev–Trinajstić information content (AvgIpc) is 2.61. The second-order valence-electron chi connectivity index (χ2n) is 6.84. The molecule has 136 valence electrons. The van der Waals surface area contributed by atoms with E-state index in [0.29, 0.717) is 24.0 Å². The smallest absolute Gasteiger partial charge is 0.387 e. The van der Waals surface area contributed by atoms with E-state index in [0.717, 1.165) is 42.6 Å². The van der Waals surface area contributed by atoms with Crippen LogP contribution in [-0.2, 0) is 9.59 Å². The number of carbonyl (C=O) groups excluding carboxylic acids is 2. The molecular weight excluding hydrogens is 340 g/mol. The molecule has 1 aliphatic heterocycles. The highest BCUT2D eigenvalue weighted by Crippen LogP contribution is 2.45. The third-order valence-electron chi connectivity index (χ3n) is 5.23. The summed E-state index contributed by atoms with van der Waals surface area (Å²) in [5, 5.41) is 3.35. The number of dihydropyridines is 1. The van der Waals surface area contributed by atoms with Gasteiger partial charge in [0.25, 0.3) is 0 Å². The largest absolute Gasteiger partial charge is 0.435 e. The number of ether oxygens (including phenoxy) is 1. The second-order valence-corrected chi connectivity index (χ2v) is 6.84. The summed E-state index contributed by atoms with van der Waals surface area (Å²) in [6.45, 7) is -2.89. The molecule has 4 rings (SSSR count). The van der Waals surface area contributed by atoms with Gasteiger partial charge < -0.3 is 10.1 Å². The van der Waals surface area contributed by atoms with Crippen molar-refractivity contribution in [2.75, 3.05) is 0 Å². The van der Waals surface area contributed by atoms with Crippen molar-refractivity contribution >= 4 is 11.6 Å². The molecule has 1 aromatic rings. The summed E-state index contributed by atoms with van der Waals surface area (Å²) in [6.07, 6.45) is 4.12. The van der Waals surface area contributed by atoms with Crippen molar-refractivity contribution in [3.05, 3.63) is 52.4 Å². The number of benzene rings is 1. The lowest BCUT2D eigenvalue weighted by Gasteiger charge is -2.37. The van der Waals surface area contributed by atoms with Gasteiger partial charge in [0.05, 0.1) is 0 Å². The summed E-state index contributed by atoms with van der Waals surface area (Å²) >= 11 is 0. The van der Waals surface area contributed by atoms with Crippen molar-refractivity contribution in [1.82, 2.24) is 5.32 Å². The number of hydrogen-bond donors (Lipinski definition) is 1. The van der Waals surface area contributed by atoms with E-state index >= 15 is 0 Å². The van der Waals surface area contributed by atoms with Gasteiger partial charge in [-0.3, -0.25) is 9.59 Å². The lowest BCUT2D eigenvalue weighted by molar-refractivity contribution is -0.117. The highest BCUT2D eigenvalue weighted by molar-refractivity contribution is 6.06. The minimum absolute atomic E-state index is 0.0570. The van der Waals surface area contributed by atoms with Crippen LogP contribution in [0.3, 0.4) is 0 Å². The molecule has 0 saturated heterocycles. The summed E-state index contributed by atoms with van der Waals surface area (Å²) in [5.74, 6) is -0.239. The van der Waals surface area contributed by atoms with Crippen LogP contribution in [0.4, 0.5) is 8.78 Å². The maximum Gasteiger partial charge on any atom is 0.387 e. The molecule has 26 heavy (non-hydrogen) atoms. The number of ketones is 2. The number of halogens is 2. The molecule has 0 radical (unpaired) electrons. The zero-order valence-electron chi connectivity index (χ0n) is 14.2. The van der Waals surface area contributed by atoms with Crippen LogP contribution in [0, 0.1) is 0 Å². The van der Waals surface area contributed by atoms with Crippen LogP contribution in [0.15, 0.2) is 46.8 Å². The average molecular weight is 359 g/mol. The molecule has 1 N–H and O–H groups in total. The van der Waals surface area contributed by atoms with Gasteiger partial charge in [0, 0.05) is 41.3 Å². The molecule has 1 aromatic carbocycles. The predicted octanol–water partition coefficient (Wildman–Crippen LogP) is 3.99. The maximum atomic E-state index is 12.7. The molecule has 0 unspecified atom stereocenters. The highest BCUT2D eigenvalue weighted by atomic mass is 19.3. The van der Waals surface area contributed by atoms with Crippen molar-refractivity contribution in [3.63, 3.8) is 0 Å². The molecule has 6 heteroatoms. The van der Waals surface area contributed by atoms with Gasteiger partial charge in [-0.1, -0.05) is 12.1 Å². The second kappa shape index (κ2) is 6.67. The molecule has 0 spiro atoms. The number of allylic oxidation sites excluding steroid dienone is 4. The van der Waals surface area contributed by atoms with Crippen LogP contribution in [0.1, 0.15) is 50.0 Å². The van der Waals surface area contributed by atoms with E-state index in [2.05, 4.69) is 10.1 Å². The third kappa shape index (κ3) is 2.93. The zero-order chi connectivity index (χ0) is 18.3. The zero-order valence-corrected chi connectivity index (χ0v) is 14.2. The quantitative estimate of drug-likeness (QED) is 0.887. The Morgan fingerprint density at radius 3 is 1.92 bits per heavy atom. The highest BCUT2D eigenvalue weighted by Gasteiger charge is 2.40. The van der Waals surface area contributed by atoms with Crippen LogP contribution in [0.2, 0.25) is 0 Å². The molecule has 0 bridgehead atoms. The fourth-order valence-electron chi connectivity index (χ4n) is 4.16. The molecule has 3 aliphatic rings. The Morgan fingerprint density at radius 1 is 0.885 bits per heavy atom. The van der Waals surface area contributed by atoms with Gasteiger partial charge >= 0.3 is 6.61 Å². The van der Waals surface area contributed by atoms with E-state index in [-0.39, 0.29) is 17.3 Å². The van der Waals surface area contributed by atoms with Crippen molar-refractivity contribution in [1.29, 1.82) is 0 Å². The Balaban J connectivity index is 1.79. The molecule has 4 nitrogen and oxygen atoms in total. The van der Waals surface area contributed by atoms with E-state index in [1.165, 1.54) is 12.1 Å². The lowest BCUT2D eigenvalue weighted by atomic mass is 9.71. The van der Waals surface area contributed by atoms with E-state index in [1.807, 2.05) is 0 Å². The topological polar surface area (TPSA) is 55.4 Å². The first-order valence-corrected chi connectivity index (χ1v) is 8.89. The van der Waals surface area contributed by atoms with Crippen molar-refractivity contribution in [3.8, 4) is 5.75 Å². The van der Waals surface area contributed by atoms with Crippen molar-refractivity contribution < 1.29 is 23.1 Å². The number of alkyl halides is 2. The van der Waals surface area contributed by atoms with Crippen LogP contribution in [0.5, 0.6) is 5.75 Å².